The van der Waals surface area contributed by atoms with E-state index in [9.17, 15) is 9.59 Å². The van der Waals surface area contributed by atoms with E-state index >= 15 is 0 Å². The SMILES string of the molecule is O=C(CCCCCc1ccc(OCc2ccccc2)cc1)N1C(=O)OC[C@@H]1Cc1ccccc1. The average Bonchev–Trinajstić information content (AvgIpc) is 3.24. The molecule has 0 radical (unpaired) electrons. The maximum Gasteiger partial charge on any atom is 0.416 e. The molecule has 0 spiro atoms. The van der Waals surface area contributed by atoms with Crippen molar-refractivity contribution < 1.29 is 19.1 Å². The molecule has 1 atom stereocenters. The molecule has 176 valence electrons. The summed E-state index contributed by atoms with van der Waals surface area (Å²) in [4.78, 5) is 26.1. The first-order valence-corrected chi connectivity index (χ1v) is 12.0. The summed E-state index contributed by atoms with van der Waals surface area (Å²) in [6, 6.07) is 28.0. The number of unbranched alkanes of at least 4 members (excludes halogenated alkanes) is 2. The lowest BCUT2D eigenvalue weighted by atomic mass is 10.0. The number of hydrogen-bond acceptors (Lipinski definition) is 4. The molecule has 0 aliphatic carbocycles. The molecule has 1 aliphatic heterocycles. The summed E-state index contributed by atoms with van der Waals surface area (Å²) in [6.07, 6.45) is 4.13. The van der Waals surface area contributed by atoms with Crippen LogP contribution in [0, 0.1) is 0 Å². The van der Waals surface area contributed by atoms with E-state index in [0.717, 1.165) is 42.6 Å². The van der Waals surface area contributed by atoms with E-state index in [-0.39, 0.29) is 18.6 Å². The minimum atomic E-state index is -0.513. The van der Waals surface area contributed by atoms with Crippen molar-refractivity contribution in [2.45, 2.75) is 51.2 Å². The van der Waals surface area contributed by atoms with Crippen LogP contribution in [0.1, 0.15) is 42.4 Å². The molecule has 3 aromatic carbocycles. The van der Waals surface area contributed by atoms with Gasteiger partial charge in [0.1, 0.15) is 19.0 Å². The Bertz CT molecular complexity index is 1050. The Kier molecular flexibility index (Phi) is 8.33. The van der Waals surface area contributed by atoms with Crippen molar-refractivity contribution >= 4 is 12.0 Å². The normalized spacial score (nSPS) is 15.2. The van der Waals surface area contributed by atoms with Crippen molar-refractivity contribution in [2.24, 2.45) is 0 Å². The number of amides is 2. The Morgan fingerprint density at radius 2 is 1.50 bits per heavy atom. The summed E-state index contributed by atoms with van der Waals surface area (Å²) in [6.45, 7) is 0.829. The summed E-state index contributed by atoms with van der Waals surface area (Å²) >= 11 is 0. The Morgan fingerprint density at radius 1 is 0.824 bits per heavy atom. The highest BCUT2D eigenvalue weighted by molar-refractivity contribution is 5.93. The fourth-order valence-corrected chi connectivity index (χ4v) is 4.20. The van der Waals surface area contributed by atoms with Crippen molar-refractivity contribution in [2.75, 3.05) is 6.61 Å². The molecule has 0 aromatic heterocycles. The molecule has 0 saturated carbocycles. The zero-order valence-electron chi connectivity index (χ0n) is 19.4. The van der Waals surface area contributed by atoms with Gasteiger partial charge >= 0.3 is 6.09 Å². The maximum atomic E-state index is 12.7. The standard InChI is InChI=1S/C29H31NO4/c31-28(30-26(22-34-29(30)32)20-24-11-5-1-6-12-24)15-9-3-4-10-23-16-18-27(19-17-23)33-21-25-13-7-2-8-14-25/h1-2,5-8,11-14,16-19,26H,3-4,9-10,15,20-22H2/t26-/m0/s1. The van der Waals surface area contributed by atoms with Gasteiger partial charge in [0.25, 0.3) is 0 Å². The van der Waals surface area contributed by atoms with Crippen LogP contribution < -0.4 is 4.74 Å². The highest BCUT2D eigenvalue weighted by Gasteiger charge is 2.37. The number of benzene rings is 3. The number of nitrogens with zero attached hydrogens (tertiary/aromatic N) is 1. The summed E-state index contributed by atoms with van der Waals surface area (Å²) in [5.41, 5.74) is 3.50. The third kappa shape index (κ3) is 6.70. The zero-order chi connectivity index (χ0) is 23.6. The van der Waals surface area contributed by atoms with Gasteiger partial charge in [-0.15, -0.1) is 0 Å². The van der Waals surface area contributed by atoms with E-state index in [4.69, 9.17) is 9.47 Å². The number of ether oxygens (including phenoxy) is 2. The number of carbonyl (C=O) groups excluding carboxylic acids is 2. The van der Waals surface area contributed by atoms with E-state index in [1.54, 1.807) is 0 Å². The lowest BCUT2D eigenvalue weighted by Gasteiger charge is -2.19. The molecule has 2 amide bonds. The molecule has 1 fully saturated rings. The number of imide groups is 1. The Balaban J connectivity index is 1.15. The van der Waals surface area contributed by atoms with E-state index in [2.05, 4.69) is 24.3 Å². The molecule has 5 nitrogen and oxygen atoms in total. The summed E-state index contributed by atoms with van der Waals surface area (Å²) < 4.78 is 11.0. The van der Waals surface area contributed by atoms with E-state index in [1.807, 2.05) is 60.7 Å². The van der Waals surface area contributed by atoms with Gasteiger partial charge in [-0.3, -0.25) is 4.79 Å². The van der Waals surface area contributed by atoms with Crippen LogP contribution in [0.15, 0.2) is 84.9 Å². The highest BCUT2D eigenvalue weighted by atomic mass is 16.6. The molecule has 4 rings (SSSR count). The summed E-state index contributed by atoms with van der Waals surface area (Å²) in [5.74, 6) is 0.726. The van der Waals surface area contributed by atoms with E-state index < -0.39 is 6.09 Å². The quantitative estimate of drug-likeness (QED) is 0.334. The van der Waals surface area contributed by atoms with Gasteiger partial charge in [-0.25, -0.2) is 9.69 Å². The third-order valence-corrected chi connectivity index (χ3v) is 6.07. The molecule has 1 saturated heterocycles. The van der Waals surface area contributed by atoms with Crippen LogP contribution in [-0.4, -0.2) is 29.5 Å². The highest BCUT2D eigenvalue weighted by Crippen LogP contribution is 2.20. The first kappa shape index (κ1) is 23.6. The second-order valence-electron chi connectivity index (χ2n) is 8.66. The van der Waals surface area contributed by atoms with Gasteiger partial charge in [-0.05, 0) is 54.5 Å². The molecular formula is C29H31NO4. The monoisotopic (exact) mass is 457 g/mol. The van der Waals surface area contributed by atoms with Gasteiger partial charge in [0, 0.05) is 6.42 Å². The Morgan fingerprint density at radius 3 is 2.21 bits per heavy atom. The second kappa shape index (κ2) is 12.0. The van der Waals surface area contributed by atoms with Gasteiger partial charge in [0.2, 0.25) is 5.91 Å². The molecule has 0 N–H and O–H groups in total. The summed E-state index contributed by atoms with van der Waals surface area (Å²) in [5, 5.41) is 0. The summed E-state index contributed by atoms with van der Waals surface area (Å²) in [7, 11) is 0. The van der Waals surface area contributed by atoms with Gasteiger partial charge in [-0.2, -0.15) is 0 Å². The first-order valence-electron chi connectivity index (χ1n) is 12.0. The van der Waals surface area contributed by atoms with Crippen molar-refractivity contribution in [1.82, 2.24) is 4.90 Å². The Hall–Kier alpha value is -3.60. The fourth-order valence-electron chi connectivity index (χ4n) is 4.20. The minimum Gasteiger partial charge on any atom is -0.489 e. The molecule has 1 aliphatic rings. The van der Waals surface area contributed by atoms with Crippen LogP contribution in [0.4, 0.5) is 4.79 Å². The predicted molar refractivity (Wildman–Crippen MR) is 132 cm³/mol. The van der Waals surface area contributed by atoms with Gasteiger partial charge in [-0.1, -0.05) is 79.2 Å². The van der Waals surface area contributed by atoms with Crippen LogP contribution in [0.2, 0.25) is 0 Å². The van der Waals surface area contributed by atoms with Crippen LogP contribution in [0.25, 0.3) is 0 Å². The molecule has 0 unspecified atom stereocenters. The topological polar surface area (TPSA) is 55.8 Å². The molecule has 34 heavy (non-hydrogen) atoms. The smallest absolute Gasteiger partial charge is 0.416 e. The van der Waals surface area contributed by atoms with Gasteiger partial charge in [0.15, 0.2) is 0 Å². The number of cyclic esters (lactones) is 1. The second-order valence-corrected chi connectivity index (χ2v) is 8.66. The van der Waals surface area contributed by atoms with Crippen LogP contribution in [0.3, 0.4) is 0 Å². The third-order valence-electron chi connectivity index (χ3n) is 6.07. The number of carbonyl (C=O) groups is 2. The largest absolute Gasteiger partial charge is 0.489 e. The molecule has 3 aromatic rings. The number of hydrogen-bond donors (Lipinski definition) is 0. The zero-order valence-corrected chi connectivity index (χ0v) is 19.4. The van der Waals surface area contributed by atoms with Gasteiger partial charge in [0.05, 0.1) is 6.04 Å². The number of aryl methyl sites for hydroxylation is 1. The van der Waals surface area contributed by atoms with E-state index in [1.165, 1.54) is 10.5 Å². The van der Waals surface area contributed by atoms with Crippen LogP contribution in [0.5, 0.6) is 5.75 Å². The fraction of sp³-hybridized carbons (Fsp3) is 0.310. The van der Waals surface area contributed by atoms with E-state index in [0.29, 0.717) is 19.4 Å². The van der Waals surface area contributed by atoms with Crippen LogP contribution >= 0.6 is 0 Å². The number of rotatable bonds is 11. The lowest BCUT2D eigenvalue weighted by molar-refractivity contribution is -0.129. The van der Waals surface area contributed by atoms with Crippen molar-refractivity contribution in [3.05, 3.63) is 102 Å². The molecule has 5 heteroatoms. The average molecular weight is 458 g/mol. The molecular weight excluding hydrogens is 426 g/mol. The first-order chi connectivity index (χ1) is 16.7. The van der Waals surface area contributed by atoms with Crippen molar-refractivity contribution in [3.8, 4) is 5.75 Å². The van der Waals surface area contributed by atoms with Crippen molar-refractivity contribution in [1.29, 1.82) is 0 Å². The maximum absolute atomic E-state index is 12.7. The van der Waals surface area contributed by atoms with Crippen molar-refractivity contribution in [3.63, 3.8) is 0 Å². The molecule has 0 bridgehead atoms. The lowest BCUT2D eigenvalue weighted by Crippen LogP contribution is -2.40. The predicted octanol–water partition coefficient (Wildman–Crippen LogP) is 5.96. The Labute approximate surface area is 201 Å². The van der Waals surface area contributed by atoms with Crippen LogP contribution in [-0.2, 0) is 29.0 Å². The van der Waals surface area contributed by atoms with Gasteiger partial charge < -0.3 is 9.47 Å². The molecule has 1 heterocycles. The minimum absolute atomic E-state index is 0.136.